The molecule has 0 radical (unpaired) electrons. The molecule has 0 bridgehead atoms. The number of hydrogen-bond donors (Lipinski definition) is 1. The highest BCUT2D eigenvalue weighted by Gasteiger charge is 2.16. The van der Waals surface area contributed by atoms with Gasteiger partial charge in [0.1, 0.15) is 0 Å². The van der Waals surface area contributed by atoms with Crippen LogP contribution >= 0.6 is 0 Å². The van der Waals surface area contributed by atoms with Crippen molar-refractivity contribution in [1.29, 1.82) is 0 Å². The van der Waals surface area contributed by atoms with Crippen LogP contribution in [0.25, 0.3) is 0 Å². The fraction of sp³-hybridized carbons (Fsp3) is 0.364. The number of hydrogen-bond acceptors (Lipinski definition) is 3. The van der Waals surface area contributed by atoms with E-state index in [2.05, 4.69) is 10.3 Å². The van der Waals surface area contributed by atoms with Crippen molar-refractivity contribution in [2.45, 2.75) is 20.4 Å². The third-order valence-corrected chi connectivity index (χ3v) is 1.90. The minimum atomic E-state index is -0.546. The third-order valence-electron chi connectivity index (χ3n) is 1.90. The van der Waals surface area contributed by atoms with Gasteiger partial charge in [-0.2, -0.15) is 0 Å². The van der Waals surface area contributed by atoms with E-state index in [-0.39, 0.29) is 13.9 Å². The molecule has 0 unspecified atom stereocenters. The Bertz CT molecular complexity index is 352. The van der Waals surface area contributed by atoms with Crippen molar-refractivity contribution in [2.75, 3.05) is 0 Å². The number of nitrogens with zero attached hydrogens (tertiary/aromatic N) is 1. The second-order valence-corrected chi connectivity index (χ2v) is 3.52. The Kier molecular flexibility index (Phi) is 3.97. The Hall–Kier alpha value is -1.71. The van der Waals surface area contributed by atoms with Crippen molar-refractivity contribution in [2.24, 2.45) is 5.92 Å². The molecule has 0 aliphatic heterocycles. The van der Waals surface area contributed by atoms with E-state index in [9.17, 15) is 9.59 Å². The summed E-state index contributed by atoms with van der Waals surface area (Å²) >= 11 is 0. The normalized spacial score (nSPS) is 10.1. The first-order valence-electron chi connectivity index (χ1n) is 4.83. The Balaban J connectivity index is 0.00000225. The molecular weight excluding hydrogens is 192 g/mol. The van der Waals surface area contributed by atoms with Gasteiger partial charge in [-0.25, -0.2) is 0 Å². The van der Waals surface area contributed by atoms with Crippen molar-refractivity contribution in [3.05, 3.63) is 30.1 Å². The van der Waals surface area contributed by atoms with E-state index >= 15 is 0 Å². The number of rotatable bonds is 4. The van der Waals surface area contributed by atoms with Gasteiger partial charge in [0.15, 0.2) is 0 Å². The second kappa shape index (κ2) is 5.24. The summed E-state index contributed by atoms with van der Waals surface area (Å²) in [5, 5.41) is 2.53. The second-order valence-electron chi connectivity index (χ2n) is 3.52. The van der Waals surface area contributed by atoms with E-state index in [0.29, 0.717) is 0 Å². The predicted molar refractivity (Wildman–Crippen MR) is 58.0 cm³/mol. The Morgan fingerprint density at radius 1 is 1.47 bits per heavy atom. The van der Waals surface area contributed by atoms with E-state index in [1.54, 1.807) is 32.2 Å². The van der Waals surface area contributed by atoms with Gasteiger partial charge in [0, 0.05) is 13.5 Å². The highest BCUT2D eigenvalue weighted by Crippen LogP contribution is 1.96. The summed E-state index contributed by atoms with van der Waals surface area (Å²) in [5.74, 6) is -1.21. The molecule has 0 saturated heterocycles. The molecule has 4 heteroatoms. The third kappa shape index (κ3) is 3.50. The topological polar surface area (TPSA) is 59.1 Å². The quantitative estimate of drug-likeness (QED) is 0.755. The number of carbonyl (C=O) groups excluding carboxylic acids is 2. The van der Waals surface area contributed by atoms with E-state index in [4.69, 9.17) is 0 Å². The summed E-state index contributed by atoms with van der Waals surface area (Å²) in [7, 11) is 0. The number of pyridine rings is 1. The number of carbonyl (C=O) groups is 2. The average molecular weight is 208 g/mol. The summed E-state index contributed by atoms with van der Waals surface area (Å²) < 4.78 is 0. The van der Waals surface area contributed by atoms with Crippen LogP contribution in [0, 0.1) is 5.92 Å². The molecule has 0 saturated carbocycles. The zero-order valence-electron chi connectivity index (χ0n) is 8.86. The fourth-order valence-electron chi connectivity index (χ4n) is 1.02. The van der Waals surface area contributed by atoms with Gasteiger partial charge in [-0.1, -0.05) is 19.9 Å². The molecule has 0 aromatic carbocycles. The number of ketones is 1. The van der Waals surface area contributed by atoms with Crippen molar-refractivity contribution in [3.8, 4) is 0 Å². The zero-order chi connectivity index (χ0) is 11.3. The first-order valence-corrected chi connectivity index (χ1v) is 4.83. The van der Waals surface area contributed by atoms with Crippen LogP contribution in [-0.4, -0.2) is 16.7 Å². The molecule has 0 spiro atoms. The molecule has 1 rings (SSSR count). The van der Waals surface area contributed by atoms with Crippen LogP contribution in [0.5, 0.6) is 0 Å². The lowest BCUT2D eigenvalue weighted by molar-refractivity contribution is -0.139. The van der Waals surface area contributed by atoms with E-state index < -0.39 is 11.7 Å². The van der Waals surface area contributed by atoms with Gasteiger partial charge in [0.25, 0.3) is 5.91 Å². The molecule has 0 aliphatic carbocycles. The van der Waals surface area contributed by atoms with Crippen LogP contribution in [-0.2, 0) is 16.1 Å². The summed E-state index contributed by atoms with van der Waals surface area (Å²) in [5.41, 5.74) is 0.738. The molecule has 0 aliphatic rings. The van der Waals surface area contributed by atoms with Crippen molar-refractivity contribution in [3.63, 3.8) is 0 Å². The molecule has 4 nitrogen and oxygen atoms in total. The smallest absolute Gasteiger partial charge is 0.287 e. The van der Waals surface area contributed by atoms with Crippen LogP contribution in [0.4, 0.5) is 0 Å². The lowest BCUT2D eigenvalue weighted by Gasteiger charge is -2.05. The van der Waals surface area contributed by atoms with Gasteiger partial charge in [-0.3, -0.25) is 14.6 Å². The highest BCUT2D eigenvalue weighted by atomic mass is 16.2. The monoisotopic (exact) mass is 208 g/mol. The van der Waals surface area contributed by atoms with Crippen LogP contribution in [0.15, 0.2) is 24.4 Å². The van der Waals surface area contributed by atoms with Gasteiger partial charge in [-0.15, -0.1) is 0 Å². The maximum atomic E-state index is 11.3. The fourth-order valence-corrected chi connectivity index (χ4v) is 1.02. The number of Topliss-reactive ketones (excluding diaryl/α,β-unsaturated/α-hetero) is 1. The summed E-state index contributed by atoms with van der Waals surface area (Å²) in [4.78, 5) is 26.5. The molecule has 1 heterocycles. The van der Waals surface area contributed by atoms with Crippen LogP contribution in [0.2, 0.25) is 0 Å². The van der Waals surface area contributed by atoms with Gasteiger partial charge < -0.3 is 5.32 Å². The molecule has 1 aromatic heterocycles. The summed E-state index contributed by atoms with van der Waals surface area (Å²) in [6.45, 7) is 3.68. The van der Waals surface area contributed by atoms with E-state index in [1.165, 1.54) is 0 Å². The lowest BCUT2D eigenvalue weighted by atomic mass is 10.1. The van der Waals surface area contributed by atoms with Crippen molar-refractivity contribution in [1.82, 2.24) is 10.3 Å². The van der Waals surface area contributed by atoms with E-state index in [1.807, 2.05) is 6.07 Å². The largest absolute Gasteiger partial charge is 0.344 e. The zero-order valence-corrected chi connectivity index (χ0v) is 8.86. The Morgan fingerprint density at radius 2 is 2.20 bits per heavy atom. The molecule has 1 aromatic rings. The molecule has 0 fully saturated rings. The molecular formula is C11H16N2O2. The van der Waals surface area contributed by atoms with E-state index in [0.717, 1.165) is 5.69 Å². The van der Waals surface area contributed by atoms with Gasteiger partial charge in [0.05, 0.1) is 12.2 Å². The summed E-state index contributed by atoms with van der Waals surface area (Å²) in [6, 6.07) is 5.42. The minimum Gasteiger partial charge on any atom is -0.344 e. The van der Waals surface area contributed by atoms with Gasteiger partial charge in [0.2, 0.25) is 5.78 Å². The minimum absolute atomic E-state index is 0. The molecule has 0 atom stereocenters. The average Bonchev–Trinajstić information content (AvgIpc) is 2.26. The predicted octanol–water partition coefficient (Wildman–Crippen LogP) is 1.17. The van der Waals surface area contributed by atoms with Crippen LogP contribution in [0.3, 0.4) is 0 Å². The lowest BCUT2D eigenvalue weighted by Crippen LogP contribution is -2.33. The maximum absolute atomic E-state index is 11.3. The van der Waals surface area contributed by atoms with Gasteiger partial charge in [-0.05, 0) is 12.1 Å². The first-order chi connectivity index (χ1) is 7.11. The van der Waals surface area contributed by atoms with Crippen LogP contribution in [0.1, 0.15) is 21.0 Å². The van der Waals surface area contributed by atoms with Crippen molar-refractivity contribution < 1.29 is 11.0 Å². The Morgan fingerprint density at radius 3 is 2.73 bits per heavy atom. The van der Waals surface area contributed by atoms with Gasteiger partial charge >= 0.3 is 0 Å². The first kappa shape index (κ1) is 11.4. The molecule has 82 valence electrons. The Labute approximate surface area is 90.2 Å². The number of aromatic nitrogens is 1. The molecule has 1 N–H and O–H groups in total. The highest BCUT2D eigenvalue weighted by molar-refractivity contribution is 6.36. The molecule has 15 heavy (non-hydrogen) atoms. The number of nitrogens with one attached hydrogen (secondary N) is 1. The standard InChI is InChI=1S/C11H14N2O2.H2/c1-8(2)10(14)11(15)13-7-9-5-3-4-6-12-9;/h3-6,8H,7H2,1-2H3,(H,13,15);1H. The SMILES string of the molecule is CC(C)C(=O)C(=O)NCc1ccccn1.[HH]. The summed E-state index contributed by atoms with van der Waals surface area (Å²) in [6.07, 6.45) is 1.64. The van der Waals surface area contributed by atoms with Crippen molar-refractivity contribution >= 4 is 11.7 Å². The maximum Gasteiger partial charge on any atom is 0.287 e. The van der Waals surface area contributed by atoms with Crippen LogP contribution < -0.4 is 5.32 Å². The molecule has 1 amide bonds. The number of amides is 1.